The second-order valence-electron chi connectivity index (χ2n) is 13.6. The number of nitrogens with one attached hydrogen (secondary N) is 2. The fourth-order valence-electron chi connectivity index (χ4n) is 6.00. The van der Waals surface area contributed by atoms with Crippen molar-refractivity contribution in [2.45, 2.75) is 64.0 Å². The molecule has 2 aromatic carbocycles. The Morgan fingerprint density at radius 3 is 2.53 bits per heavy atom. The quantitative estimate of drug-likeness (QED) is 0.132. The molecule has 2 aromatic heterocycles. The molecule has 16 heteroatoms. The van der Waals surface area contributed by atoms with Crippen molar-refractivity contribution < 1.29 is 40.9 Å². The molecule has 1 aliphatic rings. The Labute approximate surface area is 285 Å². The molecule has 1 fully saturated rings. The Balaban J connectivity index is 1.38. The maximum Gasteiger partial charge on any atom is 0.412 e. The summed E-state index contributed by atoms with van der Waals surface area (Å²) in [5.74, 6) is 0.115. The van der Waals surface area contributed by atoms with Crippen LogP contribution < -0.4 is 20.7 Å². The van der Waals surface area contributed by atoms with Crippen molar-refractivity contribution in [3.05, 3.63) is 47.3 Å². The summed E-state index contributed by atoms with van der Waals surface area (Å²) in [6.45, 7) is 9.64. The van der Waals surface area contributed by atoms with Gasteiger partial charge < -0.3 is 28.8 Å². The van der Waals surface area contributed by atoms with Crippen LogP contribution in [0.3, 0.4) is 0 Å². The molecule has 0 saturated carbocycles. The summed E-state index contributed by atoms with van der Waals surface area (Å²) in [5.41, 5.74) is 1.01. The minimum absolute atomic E-state index is 0.0313. The zero-order valence-corrected chi connectivity index (χ0v) is 30.0. The number of alkyl halides is 4. The van der Waals surface area contributed by atoms with Crippen molar-refractivity contribution >= 4 is 51.3 Å². The van der Waals surface area contributed by atoms with E-state index in [1.807, 2.05) is 32.7 Å². The number of aromatic nitrogens is 2. The lowest BCUT2D eigenvalue weighted by atomic mass is 9.85. The molecule has 0 spiro atoms. The molecule has 10 nitrogen and oxygen atoms in total. The van der Waals surface area contributed by atoms with Gasteiger partial charge in [0.2, 0.25) is 5.82 Å². The molecule has 0 radical (unpaired) electrons. The molecule has 2 atom stereocenters. The highest BCUT2D eigenvalue weighted by atomic mass is 32.1. The first-order valence-corrected chi connectivity index (χ1v) is 19.0. The first-order chi connectivity index (χ1) is 22.9. The second kappa shape index (κ2) is 13.9. The number of thiophene rings is 1. The Hall–Kier alpha value is -3.68. The summed E-state index contributed by atoms with van der Waals surface area (Å²) in [7, 11) is 0.594. The molecule has 3 heterocycles. The summed E-state index contributed by atoms with van der Waals surface area (Å²) < 4.78 is 86.0. The molecule has 2 unspecified atom stereocenters. The van der Waals surface area contributed by atoms with Crippen molar-refractivity contribution in [1.29, 1.82) is 0 Å². The number of anilines is 2. The Morgan fingerprint density at radius 2 is 1.90 bits per heavy atom. The molecule has 1 saturated heterocycles. The highest BCUT2D eigenvalue weighted by Gasteiger charge is 2.34. The van der Waals surface area contributed by atoms with Crippen molar-refractivity contribution in [3.63, 3.8) is 0 Å². The highest BCUT2D eigenvalue weighted by Crippen LogP contribution is 2.46. The molecule has 4 aromatic rings. The minimum Gasteiger partial charge on any atom is -0.494 e. The van der Waals surface area contributed by atoms with E-state index in [0.29, 0.717) is 51.0 Å². The van der Waals surface area contributed by atoms with E-state index in [1.54, 1.807) is 43.7 Å². The Morgan fingerprint density at radius 1 is 1.16 bits per heavy atom. The number of carbonyl (C=O) groups is 1. The van der Waals surface area contributed by atoms with E-state index >= 15 is 0 Å². The van der Waals surface area contributed by atoms with E-state index in [9.17, 15) is 26.9 Å². The highest BCUT2D eigenvalue weighted by molar-refractivity contribution is 7.70. The van der Waals surface area contributed by atoms with Crippen LogP contribution in [0.4, 0.5) is 33.7 Å². The number of piperidine rings is 1. The van der Waals surface area contributed by atoms with Gasteiger partial charge in [-0.3, -0.25) is 5.32 Å². The number of rotatable bonds is 9. The van der Waals surface area contributed by atoms with Gasteiger partial charge in [-0.25, -0.2) is 9.18 Å². The van der Waals surface area contributed by atoms with Gasteiger partial charge in [0.15, 0.2) is 6.61 Å². The maximum atomic E-state index is 14.8. The number of methoxy groups -OCH3 is 1. The molecule has 0 aliphatic carbocycles. The van der Waals surface area contributed by atoms with Crippen molar-refractivity contribution in [2.75, 3.05) is 51.2 Å². The van der Waals surface area contributed by atoms with Gasteiger partial charge in [0.1, 0.15) is 19.1 Å². The van der Waals surface area contributed by atoms with Crippen LogP contribution >= 0.6 is 18.5 Å². The zero-order valence-electron chi connectivity index (χ0n) is 28.3. The van der Waals surface area contributed by atoms with E-state index in [2.05, 4.69) is 20.8 Å². The number of ether oxygens (including phenoxy) is 2. The normalized spacial score (nSPS) is 17.7. The number of amides is 1. The number of likely N-dealkylation sites (tertiary alicyclic amines) is 1. The van der Waals surface area contributed by atoms with Crippen LogP contribution in [0.5, 0.6) is 5.75 Å². The number of benzene rings is 2. The van der Waals surface area contributed by atoms with Crippen LogP contribution in [0.15, 0.2) is 34.9 Å². The number of fused-ring (bicyclic) bond motifs is 1. The molecule has 0 bridgehead atoms. The predicted octanol–water partition coefficient (Wildman–Crippen LogP) is 7.81. The molecular weight excluding hydrogens is 685 g/mol. The lowest BCUT2D eigenvalue weighted by molar-refractivity contribution is -0.126. The molecular formula is C33H40F4N5O5PS. The minimum atomic E-state index is -4.53. The van der Waals surface area contributed by atoms with E-state index < -0.39 is 50.1 Å². The fourth-order valence-corrected chi connectivity index (χ4v) is 8.63. The van der Waals surface area contributed by atoms with Gasteiger partial charge in [0.05, 0.1) is 40.5 Å². The number of carbonyl (C=O) groups excluding carboxylic acids is 1. The first kappa shape index (κ1) is 36.6. The summed E-state index contributed by atoms with van der Waals surface area (Å²) in [4.78, 5) is 19.1. The summed E-state index contributed by atoms with van der Waals surface area (Å²) in [6, 6.07) is 7.73. The maximum absolute atomic E-state index is 14.8. The van der Waals surface area contributed by atoms with E-state index in [1.165, 1.54) is 7.11 Å². The monoisotopic (exact) mass is 725 g/mol. The lowest BCUT2D eigenvalue weighted by Gasteiger charge is -2.33. The third kappa shape index (κ3) is 8.38. The molecule has 5 rings (SSSR count). The first-order valence-electron chi connectivity index (χ1n) is 15.6. The second-order valence-corrected chi connectivity index (χ2v) is 17.8. The third-order valence-electron chi connectivity index (χ3n) is 8.19. The van der Waals surface area contributed by atoms with Gasteiger partial charge in [-0.15, -0.1) is 11.3 Å². The fraction of sp³-hybridized carbons (Fsp3) is 0.485. The van der Waals surface area contributed by atoms with Crippen molar-refractivity contribution in [3.8, 4) is 16.5 Å². The predicted molar refractivity (Wildman–Crippen MR) is 184 cm³/mol. The van der Waals surface area contributed by atoms with Crippen LogP contribution in [-0.2, 0) is 27.7 Å². The van der Waals surface area contributed by atoms with Crippen molar-refractivity contribution in [1.82, 2.24) is 15.0 Å². The summed E-state index contributed by atoms with van der Waals surface area (Å²) in [6.07, 6.45) is -7.25. The zero-order chi connectivity index (χ0) is 35.9. The average molecular weight is 726 g/mol. The van der Waals surface area contributed by atoms with Crippen LogP contribution in [0.25, 0.3) is 20.8 Å². The third-order valence-corrected chi connectivity index (χ3v) is 11.0. The van der Waals surface area contributed by atoms with Gasteiger partial charge in [-0.05, 0) is 61.4 Å². The van der Waals surface area contributed by atoms with E-state index in [4.69, 9.17) is 14.0 Å². The smallest absolute Gasteiger partial charge is 0.412 e. The van der Waals surface area contributed by atoms with Crippen molar-refractivity contribution in [2.24, 2.45) is 0 Å². The number of halogens is 4. The average Bonchev–Trinajstić information content (AvgIpc) is 3.60. The standard InChI is InChI=1S/C33H40F4N5O5PS/c1-32(2,3)26-24(48(6,7)44)12-11-22(27(26)45-5)39-31(43)46-17-25-40-30(41-47-25)29-19(15-33(35,36)37)18-9-8-10-23(28(18)49-29)38-21-13-14-42(4)16-20(21)34/h8-12,20-21,38H,13-17H2,1-7H3,(H,39,43). The molecule has 1 aliphatic heterocycles. The Bertz CT molecular complexity index is 1880. The topological polar surface area (TPSA) is 119 Å². The molecule has 2 N–H and O–H groups in total. The van der Waals surface area contributed by atoms with Gasteiger partial charge in [0, 0.05) is 24.0 Å². The SMILES string of the molecule is COc1c(NC(=O)OCc2nc(-c3sc4c(NC5CCN(C)CC5F)cccc4c3CC(F)(F)F)no2)ccc(P(C)(C)=O)c1C(C)(C)C. The summed E-state index contributed by atoms with van der Waals surface area (Å²) in [5, 5.41) is 10.7. The van der Waals surface area contributed by atoms with Crippen LogP contribution in [0.2, 0.25) is 0 Å². The van der Waals surface area contributed by atoms with E-state index in [0.717, 1.165) is 11.3 Å². The van der Waals surface area contributed by atoms with Gasteiger partial charge in [0.25, 0.3) is 5.89 Å². The number of hydrogen-bond acceptors (Lipinski definition) is 10. The van der Waals surface area contributed by atoms with Crippen LogP contribution in [-0.4, -0.2) is 80.1 Å². The lowest BCUT2D eigenvalue weighted by Crippen LogP contribution is -2.46. The number of nitrogens with zero attached hydrogens (tertiary/aromatic N) is 3. The van der Waals surface area contributed by atoms with E-state index in [-0.39, 0.29) is 28.7 Å². The Kier molecular flexibility index (Phi) is 10.4. The van der Waals surface area contributed by atoms with Crippen LogP contribution in [0, 0.1) is 0 Å². The van der Waals surface area contributed by atoms with Gasteiger partial charge in [-0.2, -0.15) is 18.2 Å². The molecule has 1 amide bonds. The largest absolute Gasteiger partial charge is 0.494 e. The molecule has 49 heavy (non-hydrogen) atoms. The summed E-state index contributed by atoms with van der Waals surface area (Å²) >= 11 is 1.05. The van der Waals surface area contributed by atoms with Crippen LogP contribution in [0.1, 0.15) is 44.2 Å². The molecule has 266 valence electrons. The van der Waals surface area contributed by atoms with Gasteiger partial charge in [-0.1, -0.05) is 38.1 Å². The number of hydrogen-bond donors (Lipinski definition) is 2. The van der Waals surface area contributed by atoms with Gasteiger partial charge >= 0.3 is 12.3 Å².